The Morgan fingerprint density at radius 2 is 1.85 bits per heavy atom. The van der Waals surface area contributed by atoms with Gasteiger partial charge in [-0.05, 0) is 6.42 Å². The number of nitrogen functional groups attached to an aromatic ring is 1. The second kappa shape index (κ2) is 7.28. The van der Waals surface area contributed by atoms with Crippen LogP contribution < -0.4 is 15.8 Å². The van der Waals surface area contributed by atoms with Gasteiger partial charge in [-0.3, -0.25) is 0 Å². The van der Waals surface area contributed by atoms with Crippen LogP contribution >= 0.6 is 0 Å². The number of hydrogen-bond donors (Lipinski definition) is 5. The average molecular weight is 288 g/mol. The minimum absolute atomic E-state index is 0.0197. The molecule has 0 aliphatic carbocycles. The first-order chi connectivity index (χ1) is 9.51. The maximum absolute atomic E-state index is 13.7. The molecule has 0 fully saturated rings. The average Bonchev–Trinajstić information content (AvgIpc) is 2.46. The van der Waals surface area contributed by atoms with E-state index in [0.29, 0.717) is 6.61 Å². The number of ether oxygens (including phenoxy) is 1. The van der Waals surface area contributed by atoms with Crippen LogP contribution in [0.15, 0.2) is 12.1 Å². The molecule has 0 spiro atoms. The van der Waals surface area contributed by atoms with Gasteiger partial charge in [-0.15, -0.1) is 0 Å². The number of benzene rings is 1. The number of halogens is 1. The van der Waals surface area contributed by atoms with Gasteiger partial charge in [-0.25, -0.2) is 4.39 Å². The van der Waals surface area contributed by atoms with Gasteiger partial charge in [0, 0.05) is 12.1 Å². The van der Waals surface area contributed by atoms with Crippen molar-refractivity contribution in [3.63, 3.8) is 0 Å². The van der Waals surface area contributed by atoms with Crippen molar-refractivity contribution in [2.75, 3.05) is 37.5 Å². The summed E-state index contributed by atoms with van der Waals surface area (Å²) in [4.78, 5) is 0. The number of aliphatic hydroxyl groups is 3. The van der Waals surface area contributed by atoms with Gasteiger partial charge in [0.25, 0.3) is 0 Å². The summed E-state index contributed by atoms with van der Waals surface area (Å²) in [6.45, 7) is 0.708. The van der Waals surface area contributed by atoms with Gasteiger partial charge in [-0.1, -0.05) is 6.92 Å². The summed E-state index contributed by atoms with van der Waals surface area (Å²) >= 11 is 0. The fraction of sp³-hybridized carbons (Fsp3) is 0.538. The Morgan fingerprint density at radius 1 is 1.25 bits per heavy atom. The van der Waals surface area contributed by atoms with Gasteiger partial charge in [0.2, 0.25) is 0 Å². The normalized spacial score (nSPS) is 11.4. The number of nitrogens with one attached hydrogen (secondary N) is 1. The van der Waals surface area contributed by atoms with Crippen LogP contribution in [-0.2, 0) is 0 Å². The molecule has 6 N–H and O–H groups in total. The van der Waals surface area contributed by atoms with E-state index in [4.69, 9.17) is 10.5 Å². The van der Waals surface area contributed by atoms with Crippen molar-refractivity contribution in [1.29, 1.82) is 0 Å². The first kappa shape index (κ1) is 16.5. The molecule has 1 aromatic rings. The number of hydrogen-bond acceptors (Lipinski definition) is 6. The van der Waals surface area contributed by atoms with E-state index >= 15 is 0 Å². The molecule has 6 nitrogen and oxygen atoms in total. The topological polar surface area (TPSA) is 108 Å². The van der Waals surface area contributed by atoms with E-state index in [1.54, 1.807) is 0 Å². The van der Waals surface area contributed by atoms with Crippen LogP contribution in [0.3, 0.4) is 0 Å². The van der Waals surface area contributed by atoms with Gasteiger partial charge in [0.1, 0.15) is 5.54 Å². The van der Waals surface area contributed by atoms with Crippen LogP contribution in [0.1, 0.15) is 13.3 Å². The highest BCUT2D eigenvalue weighted by molar-refractivity contribution is 5.69. The molecule has 0 saturated carbocycles. The monoisotopic (exact) mass is 288 g/mol. The molecule has 0 heterocycles. The summed E-state index contributed by atoms with van der Waals surface area (Å²) in [5.74, 6) is -0.574. The number of aliphatic hydroxyl groups excluding tert-OH is 3. The zero-order valence-electron chi connectivity index (χ0n) is 11.4. The Hall–Kier alpha value is -1.57. The minimum Gasteiger partial charge on any atom is -0.490 e. The van der Waals surface area contributed by atoms with Crippen molar-refractivity contribution in [1.82, 2.24) is 0 Å². The lowest BCUT2D eigenvalue weighted by atomic mass is 10.0. The molecule has 0 atom stereocenters. The maximum atomic E-state index is 13.7. The summed E-state index contributed by atoms with van der Waals surface area (Å²) in [5.41, 5.74) is 4.71. The SMILES string of the molecule is CCCOc1cc(NC(CO)(CO)CO)c(N)cc1F. The summed E-state index contributed by atoms with van der Waals surface area (Å²) in [7, 11) is 0. The van der Waals surface area contributed by atoms with E-state index in [-0.39, 0.29) is 17.1 Å². The molecule has 0 radical (unpaired) electrons. The molecule has 1 aromatic carbocycles. The zero-order chi connectivity index (χ0) is 15.2. The van der Waals surface area contributed by atoms with Gasteiger partial charge < -0.3 is 31.1 Å². The van der Waals surface area contributed by atoms with Crippen LogP contribution in [0.4, 0.5) is 15.8 Å². The van der Waals surface area contributed by atoms with Crippen LogP contribution in [0, 0.1) is 5.82 Å². The number of anilines is 2. The molecule has 0 unspecified atom stereocenters. The van der Waals surface area contributed by atoms with E-state index in [1.807, 2.05) is 6.92 Å². The van der Waals surface area contributed by atoms with E-state index in [2.05, 4.69) is 5.32 Å². The molecular formula is C13H21FN2O4. The van der Waals surface area contributed by atoms with Crippen molar-refractivity contribution in [2.45, 2.75) is 18.9 Å². The molecular weight excluding hydrogens is 267 g/mol. The van der Waals surface area contributed by atoms with Gasteiger partial charge in [0.05, 0.1) is 37.8 Å². The van der Waals surface area contributed by atoms with Crippen molar-refractivity contribution in [2.24, 2.45) is 0 Å². The first-order valence-electron chi connectivity index (χ1n) is 6.34. The van der Waals surface area contributed by atoms with Crippen LogP contribution in [0.25, 0.3) is 0 Å². The lowest BCUT2D eigenvalue weighted by Gasteiger charge is -2.30. The van der Waals surface area contributed by atoms with E-state index in [1.165, 1.54) is 6.07 Å². The Kier molecular flexibility index (Phi) is 6.00. The smallest absolute Gasteiger partial charge is 0.167 e. The van der Waals surface area contributed by atoms with Crippen LogP contribution in [0.5, 0.6) is 5.75 Å². The third-order valence-corrected chi connectivity index (χ3v) is 2.87. The molecule has 0 aliphatic rings. The Morgan fingerprint density at radius 3 is 2.35 bits per heavy atom. The molecule has 0 bridgehead atoms. The van der Waals surface area contributed by atoms with Crippen molar-refractivity contribution < 1.29 is 24.4 Å². The summed E-state index contributed by atoms with van der Waals surface area (Å²) in [5, 5.41) is 30.5. The summed E-state index contributed by atoms with van der Waals surface area (Å²) < 4.78 is 18.9. The van der Waals surface area contributed by atoms with Crippen LogP contribution in [-0.4, -0.2) is 47.3 Å². The van der Waals surface area contributed by atoms with Gasteiger partial charge in [0.15, 0.2) is 11.6 Å². The minimum atomic E-state index is -1.34. The molecule has 0 aliphatic heterocycles. The predicted octanol–water partition coefficient (Wildman–Crippen LogP) is 0.324. The fourth-order valence-corrected chi connectivity index (χ4v) is 1.55. The molecule has 0 saturated heterocycles. The Bertz CT molecular complexity index is 430. The van der Waals surface area contributed by atoms with E-state index < -0.39 is 31.2 Å². The van der Waals surface area contributed by atoms with Crippen molar-refractivity contribution >= 4 is 11.4 Å². The lowest BCUT2D eigenvalue weighted by Crippen LogP contribution is -2.49. The standard InChI is InChI=1S/C13H21FN2O4/c1-2-3-20-12-5-11(10(15)4-9(12)14)16-13(6-17,7-18)8-19/h4-5,16-19H,2-3,6-8,15H2,1H3. The van der Waals surface area contributed by atoms with Crippen molar-refractivity contribution in [3.05, 3.63) is 17.9 Å². The summed E-state index contributed by atoms with van der Waals surface area (Å²) in [6, 6.07) is 2.43. The molecule has 1 rings (SSSR count). The molecule has 20 heavy (non-hydrogen) atoms. The Balaban J connectivity index is 3.04. The second-order valence-corrected chi connectivity index (χ2v) is 4.60. The number of rotatable bonds is 8. The molecule has 114 valence electrons. The molecule has 7 heteroatoms. The highest BCUT2D eigenvalue weighted by atomic mass is 19.1. The summed E-state index contributed by atoms with van der Waals surface area (Å²) in [6.07, 6.45) is 0.723. The quantitative estimate of drug-likeness (QED) is 0.441. The predicted molar refractivity (Wildman–Crippen MR) is 74.2 cm³/mol. The molecule has 0 amide bonds. The highest BCUT2D eigenvalue weighted by Gasteiger charge is 2.28. The maximum Gasteiger partial charge on any atom is 0.167 e. The first-order valence-corrected chi connectivity index (χ1v) is 6.34. The molecule has 0 aromatic heterocycles. The van der Waals surface area contributed by atoms with Gasteiger partial charge in [-0.2, -0.15) is 0 Å². The zero-order valence-corrected chi connectivity index (χ0v) is 11.4. The Labute approximate surface area is 117 Å². The third-order valence-electron chi connectivity index (χ3n) is 2.87. The van der Waals surface area contributed by atoms with Crippen molar-refractivity contribution in [3.8, 4) is 5.75 Å². The largest absolute Gasteiger partial charge is 0.490 e. The lowest BCUT2D eigenvalue weighted by molar-refractivity contribution is 0.0834. The fourth-order valence-electron chi connectivity index (χ4n) is 1.55. The van der Waals surface area contributed by atoms with E-state index in [0.717, 1.165) is 12.5 Å². The van der Waals surface area contributed by atoms with E-state index in [9.17, 15) is 19.7 Å². The second-order valence-electron chi connectivity index (χ2n) is 4.60. The number of nitrogens with two attached hydrogens (primary N) is 1. The third kappa shape index (κ3) is 3.72. The van der Waals surface area contributed by atoms with Crippen LogP contribution in [0.2, 0.25) is 0 Å². The highest BCUT2D eigenvalue weighted by Crippen LogP contribution is 2.30. The van der Waals surface area contributed by atoms with Gasteiger partial charge >= 0.3 is 0 Å².